The van der Waals surface area contributed by atoms with E-state index in [1.54, 1.807) is 23.1 Å². The molecule has 0 atom stereocenters. The van der Waals surface area contributed by atoms with E-state index in [9.17, 15) is 4.79 Å². The van der Waals surface area contributed by atoms with E-state index in [0.29, 0.717) is 5.75 Å². The first-order valence-electron chi connectivity index (χ1n) is 7.10. The van der Waals surface area contributed by atoms with Crippen molar-refractivity contribution in [1.82, 2.24) is 4.98 Å². The van der Waals surface area contributed by atoms with Crippen molar-refractivity contribution in [3.8, 4) is 0 Å². The van der Waals surface area contributed by atoms with Crippen LogP contribution >= 0.6 is 23.1 Å². The lowest BCUT2D eigenvalue weighted by Gasteiger charge is -2.29. The molecule has 1 aliphatic heterocycles. The molecule has 1 aromatic carbocycles. The highest BCUT2D eigenvalue weighted by Crippen LogP contribution is 2.30. The van der Waals surface area contributed by atoms with Crippen molar-refractivity contribution in [1.29, 1.82) is 0 Å². The van der Waals surface area contributed by atoms with Crippen LogP contribution < -0.4 is 4.90 Å². The molecule has 3 nitrogen and oxygen atoms in total. The minimum absolute atomic E-state index is 0.178. The van der Waals surface area contributed by atoms with Crippen LogP contribution in [-0.2, 0) is 11.2 Å². The van der Waals surface area contributed by atoms with Crippen LogP contribution in [0, 0.1) is 13.8 Å². The molecule has 0 saturated heterocycles. The van der Waals surface area contributed by atoms with Crippen molar-refractivity contribution in [3.05, 3.63) is 40.4 Å². The van der Waals surface area contributed by atoms with Gasteiger partial charge in [0.1, 0.15) is 0 Å². The Hall–Kier alpha value is -1.33. The van der Waals surface area contributed by atoms with E-state index < -0.39 is 0 Å². The maximum Gasteiger partial charge on any atom is 0.237 e. The monoisotopic (exact) mass is 318 g/mol. The van der Waals surface area contributed by atoms with Gasteiger partial charge in [0.25, 0.3) is 0 Å². The summed E-state index contributed by atoms with van der Waals surface area (Å²) in [6.45, 7) is 4.91. The summed E-state index contributed by atoms with van der Waals surface area (Å²) in [5.74, 6) is 0.637. The van der Waals surface area contributed by atoms with Crippen LogP contribution in [0.25, 0.3) is 0 Å². The van der Waals surface area contributed by atoms with Crippen molar-refractivity contribution in [2.75, 3.05) is 17.2 Å². The zero-order valence-corrected chi connectivity index (χ0v) is 13.9. The minimum atomic E-state index is 0.178. The Labute approximate surface area is 133 Å². The Kier molecular flexibility index (Phi) is 4.31. The van der Waals surface area contributed by atoms with Crippen LogP contribution in [0.1, 0.15) is 22.6 Å². The van der Waals surface area contributed by atoms with Gasteiger partial charge in [0.15, 0.2) is 4.34 Å². The Morgan fingerprint density at radius 1 is 1.38 bits per heavy atom. The third-order valence-electron chi connectivity index (χ3n) is 3.74. The molecule has 2 aromatic rings. The first-order valence-corrected chi connectivity index (χ1v) is 8.90. The second kappa shape index (κ2) is 6.20. The Morgan fingerprint density at radius 3 is 2.95 bits per heavy atom. The number of para-hydroxylation sites is 1. The number of carbonyl (C=O) groups excluding carboxylic acids is 1. The van der Waals surface area contributed by atoms with Gasteiger partial charge in [-0.25, -0.2) is 4.98 Å². The summed E-state index contributed by atoms with van der Waals surface area (Å²) in [5, 5.41) is 0. The number of aryl methyl sites for hydroxylation is 3. The molecule has 21 heavy (non-hydrogen) atoms. The number of hydrogen-bond acceptors (Lipinski definition) is 4. The molecule has 0 saturated carbocycles. The molecule has 2 heterocycles. The lowest BCUT2D eigenvalue weighted by Crippen LogP contribution is -2.36. The molecule has 1 aliphatic rings. The van der Waals surface area contributed by atoms with Gasteiger partial charge in [-0.15, -0.1) is 11.3 Å². The highest BCUT2D eigenvalue weighted by atomic mass is 32.2. The molecule has 0 fully saturated rings. The number of amides is 1. The summed E-state index contributed by atoms with van der Waals surface area (Å²) in [6.07, 6.45) is 2.11. The van der Waals surface area contributed by atoms with E-state index in [-0.39, 0.29) is 5.91 Å². The third-order valence-corrected chi connectivity index (χ3v) is 5.94. The van der Waals surface area contributed by atoms with E-state index in [4.69, 9.17) is 0 Å². The van der Waals surface area contributed by atoms with E-state index >= 15 is 0 Å². The SMILES string of the molecule is Cc1nc(SCC(=O)N2CCCc3ccccc32)sc1C. The summed E-state index contributed by atoms with van der Waals surface area (Å²) in [6, 6.07) is 8.22. The quantitative estimate of drug-likeness (QED) is 0.806. The van der Waals surface area contributed by atoms with Gasteiger partial charge in [0.2, 0.25) is 5.91 Å². The summed E-state index contributed by atoms with van der Waals surface area (Å²) in [4.78, 5) is 20.1. The van der Waals surface area contributed by atoms with Crippen molar-refractivity contribution < 1.29 is 4.79 Å². The van der Waals surface area contributed by atoms with E-state index in [1.165, 1.54) is 10.4 Å². The predicted octanol–water partition coefficient (Wildman–Crippen LogP) is 3.83. The van der Waals surface area contributed by atoms with Gasteiger partial charge in [-0.2, -0.15) is 0 Å². The minimum Gasteiger partial charge on any atom is -0.311 e. The van der Waals surface area contributed by atoms with Crippen LogP contribution in [0.2, 0.25) is 0 Å². The molecular formula is C16H18N2OS2. The smallest absolute Gasteiger partial charge is 0.237 e. The predicted molar refractivity (Wildman–Crippen MR) is 89.4 cm³/mol. The van der Waals surface area contributed by atoms with Crippen molar-refractivity contribution >= 4 is 34.7 Å². The van der Waals surface area contributed by atoms with Crippen LogP contribution in [0.3, 0.4) is 0 Å². The van der Waals surface area contributed by atoms with Gasteiger partial charge in [-0.3, -0.25) is 4.79 Å². The maximum absolute atomic E-state index is 12.5. The largest absolute Gasteiger partial charge is 0.311 e. The lowest BCUT2D eigenvalue weighted by molar-refractivity contribution is -0.116. The number of fused-ring (bicyclic) bond motifs is 1. The fourth-order valence-electron chi connectivity index (χ4n) is 2.50. The Bertz CT molecular complexity index is 647. The fourth-order valence-corrected chi connectivity index (χ4v) is 4.53. The number of nitrogens with zero attached hydrogens (tertiary/aromatic N) is 2. The van der Waals surface area contributed by atoms with Gasteiger partial charge >= 0.3 is 0 Å². The number of aromatic nitrogens is 1. The highest BCUT2D eigenvalue weighted by molar-refractivity contribution is 8.01. The van der Waals surface area contributed by atoms with Gasteiger partial charge in [-0.1, -0.05) is 30.0 Å². The van der Waals surface area contributed by atoms with Crippen LogP contribution in [0.5, 0.6) is 0 Å². The maximum atomic E-state index is 12.5. The van der Waals surface area contributed by atoms with Crippen molar-refractivity contribution in [2.45, 2.75) is 31.0 Å². The zero-order valence-electron chi connectivity index (χ0n) is 12.3. The van der Waals surface area contributed by atoms with E-state index in [2.05, 4.69) is 24.0 Å². The first kappa shape index (κ1) is 14.6. The molecule has 5 heteroatoms. The number of hydrogen-bond donors (Lipinski definition) is 0. The molecule has 3 rings (SSSR count). The summed E-state index contributed by atoms with van der Waals surface area (Å²) in [5.41, 5.74) is 3.43. The first-order chi connectivity index (χ1) is 10.1. The number of thiazole rings is 1. The molecular weight excluding hydrogens is 300 g/mol. The number of carbonyl (C=O) groups is 1. The van der Waals surface area contributed by atoms with Gasteiger partial charge in [0.05, 0.1) is 11.4 Å². The molecule has 0 bridgehead atoms. The fraction of sp³-hybridized carbons (Fsp3) is 0.375. The molecule has 1 amide bonds. The number of benzene rings is 1. The second-order valence-electron chi connectivity index (χ2n) is 5.19. The number of rotatable bonds is 3. The van der Waals surface area contributed by atoms with Gasteiger partial charge < -0.3 is 4.90 Å². The van der Waals surface area contributed by atoms with Crippen molar-refractivity contribution in [3.63, 3.8) is 0 Å². The molecule has 0 radical (unpaired) electrons. The highest BCUT2D eigenvalue weighted by Gasteiger charge is 2.22. The third kappa shape index (κ3) is 3.14. The molecule has 1 aromatic heterocycles. The van der Waals surface area contributed by atoms with Crippen LogP contribution in [0.4, 0.5) is 5.69 Å². The van der Waals surface area contributed by atoms with Crippen molar-refractivity contribution in [2.24, 2.45) is 0 Å². The average Bonchev–Trinajstić information content (AvgIpc) is 2.83. The Morgan fingerprint density at radius 2 is 2.19 bits per heavy atom. The summed E-state index contributed by atoms with van der Waals surface area (Å²) >= 11 is 3.22. The average molecular weight is 318 g/mol. The Balaban J connectivity index is 1.69. The second-order valence-corrected chi connectivity index (χ2v) is 7.61. The van der Waals surface area contributed by atoms with E-state index in [0.717, 1.165) is 35.1 Å². The lowest BCUT2D eigenvalue weighted by atomic mass is 10.0. The normalized spacial score (nSPS) is 14.1. The van der Waals surface area contributed by atoms with Crippen LogP contribution in [-0.4, -0.2) is 23.2 Å². The van der Waals surface area contributed by atoms with Crippen LogP contribution in [0.15, 0.2) is 28.6 Å². The molecule has 0 unspecified atom stereocenters. The van der Waals surface area contributed by atoms with E-state index in [1.807, 2.05) is 24.0 Å². The summed E-state index contributed by atoms with van der Waals surface area (Å²) in [7, 11) is 0. The molecule has 110 valence electrons. The van der Waals surface area contributed by atoms with Gasteiger partial charge in [-0.05, 0) is 38.3 Å². The zero-order chi connectivity index (χ0) is 14.8. The van der Waals surface area contributed by atoms with Gasteiger partial charge in [0, 0.05) is 17.1 Å². The molecule has 0 aliphatic carbocycles. The molecule has 0 N–H and O–H groups in total. The summed E-state index contributed by atoms with van der Waals surface area (Å²) < 4.78 is 0.989. The standard InChI is InChI=1S/C16H18N2OS2/c1-11-12(2)21-16(17-11)20-10-15(19)18-9-5-7-13-6-3-4-8-14(13)18/h3-4,6,8H,5,7,9-10H2,1-2H3. The molecule has 0 spiro atoms. The number of thioether (sulfide) groups is 1. The topological polar surface area (TPSA) is 33.2 Å². The number of anilines is 1.